The molecule has 0 saturated carbocycles. The average Bonchev–Trinajstić information content (AvgIpc) is 4.11. The number of nitrogens with one attached hydrogen (secondary N) is 2. The van der Waals surface area contributed by atoms with Gasteiger partial charge >= 0.3 is 5.97 Å². The summed E-state index contributed by atoms with van der Waals surface area (Å²) in [7, 11) is -8.98. The molecule has 0 spiro atoms. The number of rotatable bonds is 8. The Bertz CT molecular complexity index is 3230. The van der Waals surface area contributed by atoms with Crippen molar-refractivity contribution in [2.24, 2.45) is 0 Å². The molecule has 19 heteroatoms. The normalized spacial score (nSPS) is 22.0. The van der Waals surface area contributed by atoms with Crippen LogP contribution in [0, 0.1) is 6.92 Å². The summed E-state index contributed by atoms with van der Waals surface area (Å²) < 4.78 is 72.0. The van der Waals surface area contributed by atoms with Gasteiger partial charge in [-0.1, -0.05) is 48.8 Å². The predicted octanol–water partition coefficient (Wildman–Crippen LogP) is 8.66. The summed E-state index contributed by atoms with van der Waals surface area (Å²) in [5.74, 6) is -2.76. The van der Waals surface area contributed by atoms with Crippen LogP contribution in [-0.4, -0.2) is 103 Å². The van der Waals surface area contributed by atoms with Gasteiger partial charge < -0.3 is 20.4 Å². The number of fused-ring (bicyclic) bond motifs is 6. The largest absolute Gasteiger partial charge is 0.363 e. The van der Waals surface area contributed by atoms with Gasteiger partial charge in [0.25, 0.3) is 32.1 Å². The van der Waals surface area contributed by atoms with Crippen molar-refractivity contribution in [2.75, 3.05) is 36.8 Å². The van der Waals surface area contributed by atoms with Crippen LogP contribution in [0.25, 0.3) is 5.57 Å². The lowest BCUT2D eigenvalue weighted by Gasteiger charge is -2.31. The zero-order chi connectivity index (χ0) is 55.3. The SMILES string of the molecule is Cc1ccc2c(c1)C(C)(C)C1=[N+]2CCCCCC(=O)NCCNC(=O)CCCCCC2(C)/C(=C/C=C3CCCC(=C3c3ccc(C(=O)ON4C(=O)CCC4=O)cc3)C=C1)N(CCCS(=O)(=O)O)c1ccc(S(=O)(=O)O)cc12. The van der Waals surface area contributed by atoms with Gasteiger partial charge in [0.05, 0.1) is 21.6 Å². The Hall–Kier alpha value is -6.54. The molecule has 8 rings (SSSR count). The smallest absolute Gasteiger partial charge is 0.354 e. The maximum Gasteiger partial charge on any atom is 0.363 e. The molecule has 4 aliphatic heterocycles. The van der Waals surface area contributed by atoms with Crippen molar-refractivity contribution in [1.29, 1.82) is 0 Å². The van der Waals surface area contributed by atoms with Crippen molar-refractivity contribution in [3.8, 4) is 0 Å². The van der Waals surface area contributed by atoms with E-state index in [1.54, 1.807) is 18.2 Å². The number of hydroxylamine groups is 2. The number of aryl methyl sites for hydroxylation is 1. The lowest BCUT2D eigenvalue weighted by Crippen LogP contribution is -2.34. The number of hydrogen-bond acceptors (Lipinski definition) is 11. The fourth-order valence-corrected chi connectivity index (χ4v) is 12.4. The van der Waals surface area contributed by atoms with E-state index in [0.717, 1.165) is 70.7 Å². The second kappa shape index (κ2) is 23.6. The third-order valence-corrected chi connectivity index (χ3v) is 17.1. The highest BCUT2D eigenvalue weighted by molar-refractivity contribution is 7.86. The summed E-state index contributed by atoms with van der Waals surface area (Å²) in [6.45, 7) is 10.00. The topological polar surface area (TPSA) is 237 Å². The zero-order valence-electron chi connectivity index (χ0n) is 44.4. The van der Waals surface area contributed by atoms with E-state index in [9.17, 15) is 49.9 Å². The van der Waals surface area contributed by atoms with Crippen molar-refractivity contribution in [1.82, 2.24) is 15.7 Å². The Morgan fingerprint density at radius 2 is 1.40 bits per heavy atom. The highest BCUT2D eigenvalue weighted by Gasteiger charge is 2.45. The highest BCUT2D eigenvalue weighted by Crippen LogP contribution is 2.52. The van der Waals surface area contributed by atoms with Crippen molar-refractivity contribution >= 4 is 72.5 Å². The number of carbonyl (C=O) groups excluding carboxylic acids is 5. The zero-order valence-corrected chi connectivity index (χ0v) is 46.0. The molecule has 77 heavy (non-hydrogen) atoms. The van der Waals surface area contributed by atoms with Crippen LogP contribution in [0.3, 0.4) is 0 Å². The first-order chi connectivity index (χ1) is 36.5. The number of carbonyl (C=O) groups is 5. The first-order valence-electron chi connectivity index (χ1n) is 26.7. The minimum atomic E-state index is -4.64. The highest BCUT2D eigenvalue weighted by atomic mass is 32.2. The lowest BCUT2D eigenvalue weighted by molar-refractivity contribution is -0.438. The Kier molecular flexibility index (Phi) is 17.4. The van der Waals surface area contributed by atoms with Crippen LogP contribution in [0.1, 0.15) is 150 Å². The van der Waals surface area contributed by atoms with Crippen LogP contribution in [-0.2, 0) is 55.1 Å². The molecule has 1 unspecified atom stereocenters. The number of imide groups is 1. The van der Waals surface area contributed by atoms with E-state index in [1.807, 2.05) is 36.1 Å². The summed E-state index contributed by atoms with van der Waals surface area (Å²) in [6, 6.07) is 17.7. The average molecular weight is 1090 g/mol. The minimum absolute atomic E-state index is 0.0334. The first kappa shape index (κ1) is 56.7. The number of benzene rings is 3. The Morgan fingerprint density at radius 1 is 0.727 bits per heavy atom. The van der Waals surface area contributed by atoms with Crippen LogP contribution in [0.5, 0.6) is 0 Å². The second-order valence-electron chi connectivity index (χ2n) is 21.4. The Balaban J connectivity index is 1.28. The number of hydrogen-bond donors (Lipinski definition) is 4. The van der Waals surface area contributed by atoms with E-state index in [-0.39, 0.29) is 59.9 Å². The van der Waals surface area contributed by atoms with E-state index in [1.165, 1.54) is 17.7 Å². The molecule has 5 aliphatic rings. The molecule has 410 valence electrons. The lowest BCUT2D eigenvalue weighted by atomic mass is 9.76. The molecule has 4 N–H and O–H groups in total. The fourth-order valence-electron chi connectivity index (χ4n) is 11.4. The molecule has 1 aliphatic carbocycles. The van der Waals surface area contributed by atoms with E-state index >= 15 is 0 Å². The van der Waals surface area contributed by atoms with Gasteiger partial charge in [-0.2, -0.15) is 21.4 Å². The maximum absolute atomic E-state index is 13.4. The molecule has 0 radical (unpaired) electrons. The van der Waals surface area contributed by atoms with Gasteiger partial charge in [-0.05, 0) is 149 Å². The van der Waals surface area contributed by atoms with Crippen LogP contribution in [0.4, 0.5) is 11.4 Å². The molecule has 4 heterocycles. The molecule has 3 aromatic rings. The molecular weight excluding hydrogens is 1020 g/mol. The molecule has 1 atom stereocenters. The number of nitrogens with zero attached hydrogens (tertiary/aromatic N) is 3. The van der Waals surface area contributed by atoms with Gasteiger partial charge in [0, 0.05) is 86.2 Å². The standard InChI is InChI=1S/C58H69N5O12S2/c1-39-17-25-47-45(37-39)57(2,3)49-27-22-40-13-11-14-41(55(40)42-18-20-43(21-19-42)56(68)75-63-53(66)29-30-54(63)67)23-28-50-58(4,46-38-44(77(72,73)74)24-26-48(46)62(50)35-12-36-76(69,70)71)31-9-5-7-15-51(64)59-32-33-60-52(65)16-8-6-10-34-61(47)49/h17-28,37-38H,5-16,29-36H2,1-4H3,(H3-,59,60,64,65,69,70,71,72,73,74)/p+1. The molecule has 0 aromatic heterocycles. The van der Waals surface area contributed by atoms with Crippen LogP contribution in [0.2, 0.25) is 0 Å². The molecule has 1 fully saturated rings. The van der Waals surface area contributed by atoms with Crippen molar-refractivity contribution < 1.29 is 59.3 Å². The Labute approximate surface area is 451 Å². The van der Waals surface area contributed by atoms with Crippen LogP contribution < -0.4 is 15.5 Å². The monoisotopic (exact) mass is 1090 g/mol. The van der Waals surface area contributed by atoms with Gasteiger partial charge in [0.1, 0.15) is 6.54 Å². The maximum atomic E-state index is 13.4. The van der Waals surface area contributed by atoms with Gasteiger partial charge in [0.15, 0.2) is 5.71 Å². The van der Waals surface area contributed by atoms with Gasteiger partial charge in [-0.3, -0.25) is 28.3 Å². The number of anilines is 1. The molecule has 17 nitrogen and oxygen atoms in total. The quantitative estimate of drug-likeness (QED) is 0.0940. The predicted molar refractivity (Wildman–Crippen MR) is 293 cm³/mol. The minimum Gasteiger partial charge on any atom is -0.354 e. The van der Waals surface area contributed by atoms with Crippen molar-refractivity contribution in [3.63, 3.8) is 0 Å². The third kappa shape index (κ3) is 13.1. The van der Waals surface area contributed by atoms with Crippen LogP contribution >= 0.6 is 0 Å². The van der Waals surface area contributed by atoms with Gasteiger partial charge in [-0.15, -0.1) is 5.06 Å². The second-order valence-corrected chi connectivity index (χ2v) is 24.4. The molecular formula is C58H70N5O12S2+. The van der Waals surface area contributed by atoms with Gasteiger partial charge in [0.2, 0.25) is 17.5 Å². The summed E-state index contributed by atoms with van der Waals surface area (Å²) >= 11 is 0. The summed E-state index contributed by atoms with van der Waals surface area (Å²) in [5.41, 5.74) is 9.03. The van der Waals surface area contributed by atoms with E-state index in [0.29, 0.717) is 80.8 Å². The fraction of sp³-hybridized carbons (Fsp3) is 0.448. The Morgan fingerprint density at radius 3 is 2.06 bits per heavy atom. The molecule has 1 saturated heterocycles. The number of amides is 4. The van der Waals surface area contributed by atoms with E-state index < -0.39 is 49.2 Å². The summed E-state index contributed by atoms with van der Waals surface area (Å²) in [6.07, 6.45) is 15.8. The third-order valence-electron chi connectivity index (χ3n) is 15.5. The van der Waals surface area contributed by atoms with Crippen molar-refractivity contribution in [2.45, 2.75) is 140 Å². The summed E-state index contributed by atoms with van der Waals surface area (Å²) in [5, 5.41) is 6.35. The van der Waals surface area contributed by atoms with Gasteiger partial charge in [-0.25, -0.2) is 4.79 Å². The number of allylic oxidation sites excluding steroid dienone is 8. The first-order valence-corrected chi connectivity index (χ1v) is 29.8. The summed E-state index contributed by atoms with van der Waals surface area (Å²) in [4.78, 5) is 70.7. The molecule has 2 bridgehead atoms. The van der Waals surface area contributed by atoms with Crippen LogP contribution in [0.15, 0.2) is 107 Å². The molecule has 4 amide bonds. The van der Waals surface area contributed by atoms with E-state index in [2.05, 4.69) is 66.3 Å². The van der Waals surface area contributed by atoms with E-state index in [4.69, 9.17) is 4.84 Å². The van der Waals surface area contributed by atoms with Crippen molar-refractivity contribution in [3.05, 3.63) is 130 Å². The molecule has 3 aromatic carbocycles.